The lowest BCUT2D eigenvalue weighted by atomic mass is 9.85. The van der Waals surface area contributed by atoms with Gasteiger partial charge in [-0.1, -0.05) is 31.9 Å². The number of hydrogen-bond donors (Lipinski definition) is 3. The van der Waals surface area contributed by atoms with Crippen LogP contribution in [0.4, 0.5) is 5.82 Å². The van der Waals surface area contributed by atoms with Gasteiger partial charge in [-0.2, -0.15) is 5.10 Å². The van der Waals surface area contributed by atoms with Crippen molar-refractivity contribution < 1.29 is 14.7 Å². The van der Waals surface area contributed by atoms with Crippen LogP contribution in [0.25, 0.3) is 11.1 Å². The molecule has 8 nitrogen and oxygen atoms in total. The maximum Gasteiger partial charge on any atom is 0.248 e. The summed E-state index contributed by atoms with van der Waals surface area (Å²) in [5.74, 6) is -0.313. The number of pyridine rings is 1. The molecule has 0 spiro atoms. The summed E-state index contributed by atoms with van der Waals surface area (Å²) in [6, 6.07) is 1.69. The zero-order chi connectivity index (χ0) is 23.0. The van der Waals surface area contributed by atoms with Gasteiger partial charge in [-0.3, -0.25) is 14.3 Å². The Balaban J connectivity index is 1.47. The number of nitrogens with zero attached hydrogens (tertiary/aromatic N) is 3. The Morgan fingerprint density at radius 1 is 1.28 bits per heavy atom. The van der Waals surface area contributed by atoms with Crippen molar-refractivity contribution in [3.8, 4) is 11.1 Å². The molecule has 172 valence electrons. The van der Waals surface area contributed by atoms with Crippen LogP contribution in [0, 0.1) is 11.3 Å². The minimum atomic E-state index is -1.06. The minimum Gasteiger partial charge on any atom is -0.384 e. The molecule has 3 N–H and O–H groups in total. The lowest BCUT2D eigenvalue weighted by molar-refractivity contribution is -0.130. The van der Waals surface area contributed by atoms with Crippen LogP contribution in [-0.2, 0) is 22.6 Å². The number of carbonyl (C=O) groups excluding carboxylic acids is 2. The number of anilines is 1. The molecule has 0 saturated heterocycles. The van der Waals surface area contributed by atoms with Gasteiger partial charge in [-0.15, -0.1) is 0 Å². The van der Waals surface area contributed by atoms with E-state index in [4.69, 9.17) is 11.6 Å². The average molecular weight is 460 g/mol. The predicted octanol–water partition coefficient (Wildman–Crippen LogP) is 3.18. The highest BCUT2D eigenvalue weighted by Crippen LogP contribution is 2.39. The number of rotatable bonds is 5. The highest BCUT2D eigenvalue weighted by Gasteiger charge is 2.32. The molecule has 0 unspecified atom stereocenters. The molecule has 1 saturated carbocycles. The van der Waals surface area contributed by atoms with Crippen LogP contribution < -0.4 is 10.6 Å². The summed E-state index contributed by atoms with van der Waals surface area (Å²) in [4.78, 5) is 29.0. The topological polar surface area (TPSA) is 109 Å². The quantitative estimate of drug-likeness (QED) is 0.636. The lowest BCUT2D eigenvalue weighted by Gasteiger charge is -2.29. The van der Waals surface area contributed by atoms with Crippen molar-refractivity contribution in [2.45, 2.75) is 71.6 Å². The van der Waals surface area contributed by atoms with Crippen molar-refractivity contribution in [1.29, 1.82) is 0 Å². The first-order chi connectivity index (χ1) is 15.1. The number of nitrogens with one attached hydrogen (secondary N) is 2. The maximum atomic E-state index is 12.9. The van der Waals surface area contributed by atoms with E-state index in [2.05, 4.69) is 34.6 Å². The van der Waals surface area contributed by atoms with Crippen LogP contribution in [0.3, 0.4) is 0 Å². The van der Waals surface area contributed by atoms with Crippen LogP contribution in [-0.4, -0.2) is 43.8 Å². The molecule has 0 radical (unpaired) electrons. The van der Waals surface area contributed by atoms with Gasteiger partial charge in [-0.05, 0) is 44.1 Å². The summed E-state index contributed by atoms with van der Waals surface area (Å²) < 4.78 is 2.02. The van der Waals surface area contributed by atoms with E-state index in [1.807, 2.05) is 10.9 Å². The van der Waals surface area contributed by atoms with E-state index in [1.165, 1.54) is 6.92 Å². The predicted molar refractivity (Wildman–Crippen MR) is 122 cm³/mol. The monoisotopic (exact) mass is 459 g/mol. The highest BCUT2D eigenvalue weighted by atomic mass is 35.5. The Kier molecular flexibility index (Phi) is 6.27. The Morgan fingerprint density at radius 3 is 2.81 bits per heavy atom. The SMILES string of the molecule is C[C@H](O)C(=O)N[C@@H]1CCC[C@H](C(=O)Nc2cc(-c3cnn4c3CC(C)(C)C4)c(Cl)cn2)C1. The van der Waals surface area contributed by atoms with Gasteiger partial charge in [0.25, 0.3) is 0 Å². The summed E-state index contributed by atoms with van der Waals surface area (Å²) in [6.45, 7) is 6.73. The van der Waals surface area contributed by atoms with Crippen molar-refractivity contribution in [1.82, 2.24) is 20.1 Å². The number of fused-ring (bicyclic) bond motifs is 1. The number of aromatic nitrogens is 3. The molecule has 3 heterocycles. The number of aliphatic hydroxyl groups excluding tert-OH is 1. The van der Waals surface area contributed by atoms with Crippen LogP contribution in [0.5, 0.6) is 0 Å². The van der Waals surface area contributed by atoms with Crippen LogP contribution in [0.2, 0.25) is 5.02 Å². The van der Waals surface area contributed by atoms with E-state index in [-0.39, 0.29) is 23.3 Å². The fraction of sp³-hybridized carbons (Fsp3) is 0.565. The smallest absolute Gasteiger partial charge is 0.248 e. The summed E-state index contributed by atoms with van der Waals surface area (Å²) in [6.07, 6.45) is 6.16. The molecule has 2 aromatic heterocycles. The second kappa shape index (κ2) is 8.83. The molecule has 2 amide bonds. The Bertz CT molecular complexity index is 1030. The summed E-state index contributed by atoms with van der Waals surface area (Å²) >= 11 is 6.47. The van der Waals surface area contributed by atoms with Gasteiger partial charge in [0, 0.05) is 41.5 Å². The van der Waals surface area contributed by atoms with Crippen molar-refractivity contribution in [2.75, 3.05) is 5.32 Å². The first kappa shape index (κ1) is 22.7. The van der Waals surface area contributed by atoms with Crippen LogP contribution >= 0.6 is 11.6 Å². The number of amides is 2. The second-order valence-corrected chi connectivity index (χ2v) is 10.2. The molecule has 2 aliphatic rings. The number of aliphatic hydroxyl groups is 1. The van der Waals surface area contributed by atoms with E-state index in [0.29, 0.717) is 17.3 Å². The number of halogens is 1. The van der Waals surface area contributed by atoms with E-state index in [1.54, 1.807) is 12.3 Å². The summed E-state index contributed by atoms with van der Waals surface area (Å²) in [5.41, 5.74) is 3.07. The molecular formula is C23H30ClN5O3. The van der Waals surface area contributed by atoms with E-state index in [0.717, 1.165) is 49.0 Å². The minimum absolute atomic E-state index is 0.117. The van der Waals surface area contributed by atoms with Gasteiger partial charge in [0.2, 0.25) is 11.8 Å². The van der Waals surface area contributed by atoms with Gasteiger partial charge in [-0.25, -0.2) is 4.98 Å². The first-order valence-electron chi connectivity index (χ1n) is 11.1. The largest absolute Gasteiger partial charge is 0.384 e. The fourth-order valence-corrected chi connectivity index (χ4v) is 4.90. The Morgan fingerprint density at radius 2 is 2.06 bits per heavy atom. The van der Waals surface area contributed by atoms with E-state index < -0.39 is 12.0 Å². The molecule has 1 aliphatic heterocycles. The average Bonchev–Trinajstić information content (AvgIpc) is 3.24. The van der Waals surface area contributed by atoms with Crippen molar-refractivity contribution in [3.05, 3.63) is 29.2 Å². The van der Waals surface area contributed by atoms with Gasteiger partial charge < -0.3 is 15.7 Å². The van der Waals surface area contributed by atoms with Gasteiger partial charge in [0.05, 0.1) is 11.2 Å². The van der Waals surface area contributed by atoms with Crippen molar-refractivity contribution >= 4 is 29.2 Å². The third-order valence-corrected chi connectivity index (χ3v) is 6.64. The zero-order valence-corrected chi connectivity index (χ0v) is 19.4. The van der Waals surface area contributed by atoms with Crippen LogP contribution in [0.15, 0.2) is 18.5 Å². The Labute approximate surface area is 192 Å². The lowest BCUT2D eigenvalue weighted by Crippen LogP contribution is -2.44. The first-order valence-corrected chi connectivity index (χ1v) is 11.5. The molecular weight excluding hydrogens is 430 g/mol. The third-order valence-electron chi connectivity index (χ3n) is 6.34. The van der Waals surface area contributed by atoms with Gasteiger partial charge in [0.15, 0.2) is 0 Å². The number of carbonyl (C=O) groups is 2. The standard InChI is InChI=1S/C23H30ClN5O3/c1-13(30)21(31)27-15-6-4-5-14(7-15)22(32)28-20-8-16(18(24)11-25-20)17-10-26-29-12-23(2,3)9-19(17)29/h8,10-11,13-15,30H,4-7,9,12H2,1-3H3,(H,27,31)(H,25,28,32)/t13-,14-,15+/m0/s1. The molecule has 1 aliphatic carbocycles. The van der Waals surface area contributed by atoms with Crippen molar-refractivity contribution in [2.24, 2.45) is 11.3 Å². The summed E-state index contributed by atoms with van der Waals surface area (Å²) in [5, 5.41) is 20.2. The molecule has 9 heteroatoms. The molecule has 0 aromatic carbocycles. The normalized spacial score (nSPS) is 22.8. The maximum absolute atomic E-state index is 12.9. The van der Waals surface area contributed by atoms with Gasteiger partial charge in [0.1, 0.15) is 11.9 Å². The molecule has 32 heavy (non-hydrogen) atoms. The fourth-order valence-electron chi connectivity index (χ4n) is 4.70. The molecule has 2 aromatic rings. The highest BCUT2D eigenvalue weighted by molar-refractivity contribution is 6.33. The zero-order valence-electron chi connectivity index (χ0n) is 18.7. The summed E-state index contributed by atoms with van der Waals surface area (Å²) in [7, 11) is 0. The van der Waals surface area contributed by atoms with Crippen LogP contribution in [0.1, 0.15) is 52.1 Å². The second-order valence-electron chi connectivity index (χ2n) is 9.79. The number of hydrogen-bond acceptors (Lipinski definition) is 5. The molecule has 4 rings (SSSR count). The molecule has 1 fully saturated rings. The molecule has 3 atom stereocenters. The Hall–Kier alpha value is -2.45. The van der Waals surface area contributed by atoms with E-state index in [9.17, 15) is 14.7 Å². The molecule has 0 bridgehead atoms. The van der Waals surface area contributed by atoms with Crippen molar-refractivity contribution in [3.63, 3.8) is 0 Å². The van der Waals surface area contributed by atoms with Gasteiger partial charge >= 0.3 is 0 Å². The third kappa shape index (κ3) is 4.81. The van der Waals surface area contributed by atoms with E-state index >= 15 is 0 Å².